The van der Waals surface area contributed by atoms with E-state index in [9.17, 15) is 13.2 Å². The molecule has 2 aromatic rings. The molecule has 128 valence electrons. The molecule has 0 radical (unpaired) electrons. The number of hydrogen-bond acceptors (Lipinski definition) is 4. The number of hydrogen-bond donors (Lipinski definition) is 1. The first-order valence-electron chi connectivity index (χ1n) is 7.64. The summed E-state index contributed by atoms with van der Waals surface area (Å²) in [5.74, 6) is -0.442. The molecule has 0 aliphatic heterocycles. The van der Waals surface area contributed by atoms with Gasteiger partial charge in [0, 0.05) is 6.54 Å². The zero-order chi connectivity index (χ0) is 17.6. The molecule has 0 amide bonds. The number of ether oxygens (including phenoxy) is 1. The first-order chi connectivity index (χ1) is 11.4. The molecule has 2 rings (SSSR count). The van der Waals surface area contributed by atoms with Crippen molar-refractivity contribution in [1.29, 1.82) is 0 Å². The summed E-state index contributed by atoms with van der Waals surface area (Å²) in [5.41, 5.74) is 2.98. The molecule has 0 atom stereocenters. The number of nitrogens with one attached hydrogen (secondary N) is 1. The fourth-order valence-corrected chi connectivity index (χ4v) is 3.16. The zero-order valence-electron chi connectivity index (χ0n) is 13.8. The molecule has 0 aliphatic rings. The van der Waals surface area contributed by atoms with Crippen molar-refractivity contribution in [2.45, 2.75) is 31.8 Å². The summed E-state index contributed by atoms with van der Waals surface area (Å²) in [7, 11) is -3.60. The van der Waals surface area contributed by atoms with Gasteiger partial charge in [-0.3, -0.25) is 4.79 Å². The molecule has 5 nitrogen and oxygen atoms in total. The Labute approximate surface area is 142 Å². The van der Waals surface area contributed by atoms with Gasteiger partial charge in [0.2, 0.25) is 10.0 Å². The van der Waals surface area contributed by atoms with Crippen molar-refractivity contribution < 1.29 is 17.9 Å². The third-order valence-corrected chi connectivity index (χ3v) is 4.91. The second-order valence-electron chi connectivity index (χ2n) is 5.61. The Bertz CT molecular complexity index is 798. The van der Waals surface area contributed by atoms with Crippen LogP contribution in [0.5, 0.6) is 0 Å². The highest BCUT2D eigenvalue weighted by Crippen LogP contribution is 2.10. The summed E-state index contributed by atoms with van der Waals surface area (Å²) < 4.78 is 31.7. The molecule has 0 saturated carbocycles. The van der Waals surface area contributed by atoms with Crippen LogP contribution in [0, 0.1) is 13.8 Å². The van der Waals surface area contributed by atoms with Crippen LogP contribution in [-0.2, 0) is 26.2 Å². The van der Waals surface area contributed by atoms with Gasteiger partial charge in [-0.15, -0.1) is 0 Å². The molecular weight excluding hydrogens is 326 g/mol. The van der Waals surface area contributed by atoms with E-state index in [2.05, 4.69) is 4.72 Å². The molecule has 0 unspecified atom stereocenters. The summed E-state index contributed by atoms with van der Waals surface area (Å²) in [6.45, 7) is 4.04. The van der Waals surface area contributed by atoms with Crippen LogP contribution in [-0.4, -0.2) is 20.9 Å². The first-order valence-corrected chi connectivity index (χ1v) is 9.13. The Morgan fingerprint density at radius 1 is 1.04 bits per heavy atom. The van der Waals surface area contributed by atoms with Crippen LogP contribution in [0.4, 0.5) is 0 Å². The van der Waals surface area contributed by atoms with Crippen molar-refractivity contribution in [1.82, 2.24) is 4.72 Å². The van der Waals surface area contributed by atoms with Crippen LogP contribution in [0.3, 0.4) is 0 Å². The molecule has 0 spiro atoms. The minimum absolute atomic E-state index is 0.00284. The van der Waals surface area contributed by atoms with Crippen molar-refractivity contribution in [2.24, 2.45) is 0 Å². The highest BCUT2D eigenvalue weighted by molar-refractivity contribution is 7.89. The van der Waals surface area contributed by atoms with Crippen molar-refractivity contribution in [3.8, 4) is 0 Å². The number of carbonyl (C=O) groups is 1. The molecule has 0 aliphatic carbocycles. The number of benzene rings is 2. The largest absolute Gasteiger partial charge is 0.461 e. The average Bonchev–Trinajstić information content (AvgIpc) is 2.53. The van der Waals surface area contributed by atoms with Crippen LogP contribution in [0.25, 0.3) is 0 Å². The maximum absolute atomic E-state index is 12.1. The van der Waals surface area contributed by atoms with E-state index >= 15 is 0 Å². The lowest BCUT2D eigenvalue weighted by Gasteiger charge is -2.08. The number of rotatable bonds is 7. The monoisotopic (exact) mass is 347 g/mol. The number of carbonyl (C=O) groups excluding carboxylic acids is 1. The number of esters is 1. The molecule has 24 heavy (non-hydrogen) atoms. The molecule has 1 N–H and O–H groups in total. The first kappa shape index (κ1) is 18.2. The zero-order valence-corrected chi connectivity index (χ0v) is 14.6. The van der Waals surface area contributed by atoms with Crippen LogP contribution in [0.2, 0.25) is 0 Å². The van der Waals surface area contributed by atoms with Gasteiger partial charge in [0.25, 0.3) is 0 Å². The van der Waals surface area contributed by atoms with Gasteiger partial charge in [0.1, 0.15) is 6.61 Å². The maximum atomic E-state index is 12.1. The fourth-order valence-electron chi connectivity index (χ4n) is 2.13. The third-order valence-electron chi connectivity index (χ3n) is 3.43. The molecule has 0 fully saturated rings. The van der Waals surface area contributed by atoms with E-state index in [-0.39, 0.29) is 24.5 Å². The van der Waals surface area contributed by atoms with Gasteiger partial charge >= 0.3 is 5.97 Å². The van der Waals surface area contributed by atoms with Gasteiger partial charge in [-0.1, -0.05) is 47.5 Å². The quantitative estimate of drug-likeness (QED) is 0.782. The fraction of sp³-hybridized carbons (Fsp3) is 0.278. The standard InChI is InChI=1S/C18H21NO4S/c1-14-6-8-17(9-7-14)24(21,22)19-11-10-18(20)23-13-16-5-3-4-15(2)12-16/h3-9,12,19H,10-11,13H2,1-2H3. The summed E-state index contributed by atoms with van der Waals surface area (Å²) >= 11 is 0. The van der Waals surface area contributed by atoms with Crippen LogP contribution < -0.4 is 4.72 Å². The third kappa shape index (κ3) is 5.47. The smallest absolute Gasteiger partial charge is 0.307 e. The predicted octanol–water partition coefficient (Wildman–Crippen LogP) is 2.72. The van der Waals surface area contributed by atoms with Crippen LogP contribution >= 0.6 is 0 Å². The Morgan fingerprint density at radius 2 is 1.75 bits per heavy atom. The van der Waals surface area contributed by atoms with E-state index in [4.69, 9.17) is 4.74 Å². The van der Waals surface area contributed by atoms with Gasteiger partial charge in [0.15, 0.2) is 0 Å². The van der Waals surface area contributed by atoms with Gasteiger partial charge in [0.05, 0.1) is 11.3 Å². The maximum Gasteiger partial charge on any atom is 0.307 e. The molecule has 0 saturated heterocycles. The van der Waals surface area contributed by atoms with Gasteiger partial charge in [-0.2, -0.15) is 0 Å². The number of sulfonamides is 1. The SMILES string of the molecule is Cc1ccc(S(=O)(=O)NCCC(=O)OCc2cccc(C)c2)cc1. The summed E-state index contributed by atoms with van der Waals surface area (Å²) in [5, 5.41) is 0. The topological polar surface area (TPSA) is 72.5 Å². The molecule has 0 heterocycles. The minimum atomic E-state index is -3.60. The van der Waals surface area contributed by atoms with E-state index in [0.717, 1.165) is 16.7 Å². The molecule has 2 aromatic carbocycles. The van der Waals surface area contributed by atoms with Crippen molar-refractivity contribution in [3.05, 3.63) is 65.2 Å². The molecule has 6 heteroatoms. The lowest BCUT2D eigenvalue weighted by Crippen LogP contribution is -2.26. The second-order valence-corrected chi connectivity index (χ2v) is 7.38. The summed E-state index contributed by atoms with van der Waals surface area (Å²) in [4.78, 5) is 11.9. The Hall–Kier alpha value is -2.18. The minimum Gasteiger partial charge on any atom is -0.461 e. The Balaban J connectivity index is 1.78. The van der Waals surface area contributed by atoms with Crippen molar-refractivity contribution in [2.75, 3.05) is 6.54 Å². The Kier molecular flexibility index (Phi) is 6.11. The average molecular weight is 347 g/mol. The van der Waals surface area contributed by atoms with Crippen molar-refractivity contribution in [3.63, 3.8) is 0 Å². The summed E-state index contributed by atoms with van der Waals surface area (Å²) in [6, 6.07) is 14.2. The molecule has 0 aromatic heterocycles. The highest BCUT2D eigenvalue weighted by Gasteiger charge is 2.14. The second kappa shape index (κ2) is 8.08. The van der Waals surface area contributed by atoms with E-state index in [1.807, 2.05) is 38.1 Å². The van der Waals surface area contributed by atoms with Gasteiger partial charge in [-0.05, 0) is 31.5 Å². The number of aryl methyl sites for hydroxylation is 2. The lowest BCUT2D eigenvalue weighted by molar-refractivity contribution is -0.144. The van der Waals surface area contributed by atoms with E-state index in [1.54, 1.807) is 12.1 Å². The molecular formula is C18H21NO4S. The van der Waals surface area contributed by atoms with Gasteiger partial charge in [-0.25, -0.2) is 13.1 Å². The Morgan fingerprint density at radius 3 is 2.42 bits per heavy atom. The van der Waals surface area contributed by atoms with Gasteiger partial charge < -0.3 is 4.74 Å². The van der Waals surface area contributed by atoms with Crippen molar-refractivity contribution >= 4 is 16.0 Å². The normalized spacial score (nSPS) is 11.2. The van der Waals surface area contributed by atoms with Crippen LogP contribution in [0.15, 0.2) is 53.4 Å². The predicted molar refractivity (Wildman–Crippen MR) is 92.0 cm³/mol. The van der Waals surface area contributed by atoms with E-state index < -0.39 is 16.0 Å². The summed E-state index contributed by atoms with van der Waals surface area (Å²) in [6.07, 6.45) is -0.0170. The molecule has 0 bridgehead atoms. The lowest BCUT2D eigenvalue weighted by atomic mass is 10.1. The van der Waals surface area contributed by atoms with Crippen LogP contribution in [0.1, 0.15) is 23.1 Å². The van der Waals surface area contributed by atoms with E-state index in [1.165, 1.54) is 12.1 Å². The highest BCUT2D eigenvalue weighted by atomic mass is 32.2. The van der Waals surface area contributed by atoms with E-state index in [0.29, 0.717) is 0 Å².